The van der Waals surface area contributed by atoms with Gasteiger partial charge in [0.05, 0.1) is 26.4 Å². The Morgan fingerprint density at radius 3 is 2.75 bits per heavy atom. The zero-order valence-electron chi connectivity index (χ0n) is 12.0. The maximum absolute atomic E-state index is 4.82. The first kappa shape index (κ1) is 13.7. The lowest BCUT2D eigenvalue weighted by molar-refractivity contribution is 0.434. The van der Waals surface area contributed by atoms with Crippen LogP contribution in [0.15, 0.2) is 35.2 Å². The van der Waals surface area contributed by atoms with Gasteiger partial charge >= 0.3 is 0 Å². The number of hydrogen-bond donors (Lipinski definition) is 0. The third kappa shape index (κ3) is 2.63. The van der Waals surface area contributed by atoms with E-state index >= 15 is 0 Å². The van der Waals surface area contributed by atoms with Crippen LogP contribution in [0.4, 0.5) is 0 Å². The van der Waals surface area contributed by atoms with Gasteiger partial charge < -0.3 is 0 Å². The number of hydrogen-bond acceptors (Lipinski definition) is 4. The average Bonchev–Trinajstić information content (AvgIpc) is 3.07. The van der Waals surface area contributed by atoms with Crippen LogP contribution in [-0.2, 0) is 5.41 Å². The summed E-state index contributed by atoms with van der Waals surface area (Å²) in [4.78, 5) is 9.26. The molecule has 2 heterocycles. The summed E-state index contributed by atoms with van der Waals surface area (Å²) in [6.45, 7) is 6.82. The first-order chi connectivity index (χ1) is 9.56. The molecule has 0 bridgehead atoms. The van der Waals surface area contributed by atoms with Crippen LogP contribution in [0.2, 0.25) is 0 Å². The summed E-state index contributed by atoms with van der Waals surface area (Å²) in [6, 6.07) is 8.37. The van der Waals surface area contributed by atoms with Crippen molar-refractivity contribution in [1.29, 1.82) is 0 Å². The highest BCUT2D eigenvalue weighted by molar-refractivity contribution is 7.18. The van der Waals surface area contributed by atoms with Gasteiger partial charge in [-0.3, -0.25) is 0 Å². The summed E-state index contributed by atoms with van der Waals surface area (Å²) in [6.07, 6.45) is 1.07. The molecule has 0 amide bonds. The van der Waals surface area contributed by atoms with Gasteiger partial charge in [0.2, 0.25) is 0 Å². The first-order valence-electron chi connectivity index (χ1n) is 6.80. The Morgan fingerprint density at radius 2 is 2.05 bits per heavy atom. The van der Waals surface area contributed by atoms with Crippen LogP contribution in [0, 0.1) is 0 Å². The van der Waals surface area contributed by atoms with Crippen LogP contribution in [0.1, 0.15) is 43.8 Å². The Kier molecular flexibility index (Phi) is 3.61. The molecule has 2 aromatic heterocycles. The molecule has 3 rings (SSSR count). The second-order valence-corrected chi connectivity index (χ2v) is 7.64. The molecule has 0 fully saturated rings. The monoisotopic (exact) mass is 302 g/mol. The predicted octanol–water partition coefficient (Wildman–Crippen LogP) is 5.22. The normalized spacial score (nSPS) is 13.8. The van der Waals surface area contributed by atoms with E-state index < -0.39 is 0 Å². The predicted molar refractivity (Wildman–Crippen MR) is 87.8 cm³/mol. The van der Waals surface area contributed by atoms with Gasteiger partial charge in [0.1, 0.15) is 0 Å². The number of rotatable bonds is 4. The van der Waals surface area contributed by atoms with Crippen molar-refractivity contribution in [3.63, 3.8) is 0 Å². The van der Waals surface area contributed by atoms with E-state index in [0.29, 0.717) is 5.92 Å². The molecule has 3 aromatic rings. The zero-order valence-corrected chi connectivity index (χ0v) is 13.6. The minimum atomic E-state index is 0.0761. The van der Waals surface area contributed by atoms with E-state index in [9.17, 15) is 0 Å². The van der Waals surface area contributed by atoms with Crippen molar-refractivity contribution in [2.45, 2.75) is 38.5 Å². The number of benzene rings is 1. The lowest BCUT2D eigenvalue weighted by Gasteiger charge is -2.25. The molecule has 0 aliphatic heterocycles. The van der Waals surface area contributed by atoms with Crippen molar-refractivity contribution in [2.24, 2.45) is 0 Å². The highest BCUT2D eigenvalue weighted by Crippen LogP contribution is 2.38. The summed E-state index contributed by atoms with van der Waals surface area (Å²) < 4.78 is 1.27. The Balaban J connectivity index is 1.87. The van der Waals surface area contributed by atoms with Crippen LogP contribution >= 0.6 is 22.7 Å². The third-order valence-corrected chi connectivity index (χ3v) is 5.65. The molecule has 0 saturated carbocycles. The molecule has 0 N–H and O–H groups in total. The smallest absolute Gasteiger partial charge is 0.0995 e. The molecule has 0 spiro atoms. The van der Waals surface area contributed by atoms with Crippen molar-refractivity contribution >= 4 is 32.9 Å². The molecule has 104 valence electrons. The highest BCUT2D eigenvalue weighted by Gasteiger charge is 2.28. The first-order valence-corrected chi connectivity index (χ1v) is 8.56. The Morgan fingerprint density at radius 1 is 1.25 bits per heavy atom. The standard InChI is InChI=1S/C16H18N2S2/c1-11(13-9-19-10-17-13)8-16(2,3)15-18-12-6-4-5-7-14(12)20-15/h4-7,9-11H,8H2,1-3H3. The largest absolute Gasteiger partial charge is 0.249 e. The molecular formula is C16H18N2S2. The number of aromatic nitrogens is 2. The van der Waals surface area contributed by atoms with Gasteiger partial charge in [-0.05, 0) is 18.6 Å². The van der Waals surface area contributed by atoms with E-state index in [-0.39, 0.29) is 5.41 Å². The lowest BCUT2D eigenvalue weighted by Crippen LogP contribution is -2.19. The van der Waals surface area contributed by atoms with Crippen molar-refractivity contribution < 1.29 is 0 Å². The second kappa shape index (κ2) is 5.26. The summed E-state index contributed by atoms with van der Waals surface area (Å²) in [5.41, 5.74) is 4.30. The second-order valence-electron chi connectivity index (χ2n) is 5.89. The van der Waals surface area contributed by atoms with E-state index in [4.69, 9.17) is 4.98 Å². The fourth-order valence-corrected chi connectivity index (χ4v) is 4.34. The fourth-order valence-electron chi connectivity index (χ4n) is 2.58. The number of fused-ring (bicyclic) bond motifs is 1. The van der Waals surface area contributed by atoms with E-state index in [2.05, 4.69) is 55.4 Å². The van der Waals surface area contributed by atoms with Gasteiger partial charge in [-0.15, -0.1) is 22.7 Å². The molecule has 1 aromatic carbocycles. The molecule has 0 radical (unpaired) electrons. The van der Waals surface area contributed by atoms with Crippen LogP contribution in [0.5, 0.6) is 0 Å². The molecule has 1 unspecified atom stereocenters. The summed E-state index contributed by atoms with van der Waals surface area (Å²) in [7, 11) is 0. The number of nitrogens with zero attached hydrogens (tertiary/aromatic N) is 2. The quantitative estimate of drug-likeness (QED) is 0.660. The van der Waals surface area contributed by atoms with Crippen LogP contribution in [-0.4, -0.2) is 9.97 Å². The average molecular weight is 302 g/mol. The molecule has 0 saturated heterocycles. The molecular weight excluding hydrogens is 284 g/mol. The van der Waals surface area contributed by atoms with Crippen LogP contribution < -0.4 is 0 Å². The van der Waals surface area contributed by atoms with Gasteiger partial charge in [0.25, 0.3) is 0 Å². The maximum Gasteiger partial charge on any atom is 0.0995 e. The number of thiazole rings is 2. The van der Waals surface area contributed by atoms with Gasteiger partial charge in [-0.1, -0.05) is 32.9 Å². The molecule has 4 heteroatoms. The summed E-state index contributed by atoms with van der Waals surface area (Å²) >= 11 is 3.48. The third-order valence-electron chi connectivity index (χ3n) is 3.65. The van der Waals surface area contributed by atoms with Gasteiger partial charge in [0.15, 0.2) is 0 Å². The van der Waals surface area contributed by atoms with E-state index in [1.165, 1.54) is 15.4 Å². The fraction of sp³-hybridized carbons (Fsp3) is 0.375. The SMILES string of the molecule is CC(CC(C)(C)c1nc2ccccc2s1)c1cscn1. The van der Waals surface area contributed by atoms with E-state index in [0.717, 1.165) is 11.9 Å². The van der Waals surface area contributed by atoms with Crippen molar-refractivity contribution in [3.8, 4) is 0 Å². The topological polar surface area (TPSA) is 25.8 Å². The molecule has 0 aliphatic carbocycles. The Hall–Kier alpha value is -1.26. The Bertz CT molecular complexity index is 665. The maximum atomic E-state index is 4.82. The van der Waals surface area contributed by atoms with Gasteiger partial charge in [0, 0.05) is 16.7 Å². The van der Waals surface area contributed by atoms with Crippen molar-refractivity contribution in [2.75, 3.05) is 0 Å². The van der Waals surface area contributed by atoms with Crippen LogP contribution in [0.25, 0.3) is 10.2 Å². The van der Waals surface area contributed by atoms with E-state index in [1.54, 1.807) is 11.3 Å². The minimum absolute atomic E-state index is 0.0761. The molecule has 1 atom stereocenters. The molecule has 20 heavy (non-hydrogen) atoms. The van der Waals surface area contributed by atoms with Gasteiger partial charge in [-0.2, -0.15) is 0 Å². The number of para-hydroxylation sites is 1. The summed E-state index contributed by atoms with van der Waals surface area (Å²) in [5.74, 6) is 0.461. The lowest BCUT2D eigenvalue weighted by atomic mass is 9.83. The summed E-state index contributed by atoms with van der Waals surface area (Å²) in [5, 5.41) is 3.37. The van der Waals surface area contributed by atoms with Crippen molar-refractivity contribution in [1.82, 2.24) is 9.97 Å². The highest BCUT2D eigenvalue weighted by atomic mass is 32.1. The zero-order chi connectivity index (χ0) is 14.2. The van der Waals surface area contributed by atoms with Crippen LogP contribution in [0.3, 0.4) is 0 Å². The Labute approximate surface area is 127 Å². The van der Waals surface area contributed by atoms with E-state index in [1.807, 2.05) is 16.8 Å². The minimum Gasteiger partial charge on any atom is -0.249 e. The molecule has 0 aliphatic rings. The molecule has 2 nitrogen and oxygen atoms in total. The van der Waals surface area contributed by atoms with Crippen molar-refractivity contribution in [3.05, 3.63) is 45.9 Å². The van der Waals surface area contributed by atoms with Gasteiger partial charge in [-0.25, -0.2) is 9.97 Å².